The van der Waals surface area contributed by atoms with Gasteiger partial charge in [0.05, 0.1) is 12.4 Å². The molecule has 144 valence electrons. The summed E-state index contributed by atoms with van der Waals surface area (Å²) in [6.45, 7) is 3.30. The molecule has 0 aliphatic carbocycles. The van der Waals surface area contributed by atoms with Gasteiger partial charge >= 0.3 is 0 Å². The number of carbonyl (C=O) groups is 1. The first-order chi connectivity index (χ1) is 13.1. The van der Waals surface area contributed by atoms with E-state index in [-0.39, 0.29) is 5.91 Å². The summed E-state index contributed by atoms with van der Waals surface area (Å²) >= 11 is 0. The summed E-state index contributed by atoms with van der Waals surface area (Å²) in [5.74, 6) is 1.33. The fourth-order valence-corrected chi connectivity index (χ4v) is 3.39. The molecule has 6 heteroatoms. The number of amides is 1. The topological polar surface area (TPSA) is 61.4 Å². The molecular formula is C21H29N5O. The van der Waals surface area contributed by atoms with Gasteiger partial charge in [-0.15, -0.1) is 0 Å². The molecule has 1 amide bonds. The molecule has 1 saturated heterocycles. The van der Waals surface area contributed by atoms with Crippen LogP contribution in [0.5, 0.6) is 0 Å². The molecule has 0 radical (unpaired) electrons. The van der Waals surface area contributed by atoms with Gasteiger partial charge in [-0.1, -0.05) is 30.3 Å². The lowest BCUT2D eigenvalue weighted by Gasteiger charge is -2.31. The van der Waals surface area contributed by atoms with Crippen LogP contribution in [0.3, 0.4) is 0 Å². The van der Waals surface area contributed by atoms with Gasteiger partial charge in [-0.25, -0.2) is 9.97 Å². The molecule has 0 unspecified atom stereocenters. The van der Waals surface area contributed by atoms with Gasteiger partial charge in [-0.3, -0.25) is 4.79 Å². The van der Waals surface area contributed by atoms with Crippen LogP contribution in [-0.2, 0) is 6.42 Å². The molecule has 1 aromatic heterocycles. The quantitative estimate of drug-likeness (QED) is 0.815. The summed E-state index contributed by atoms with van der Waals surface area (Å²) in [4.78, 5) is 25.3. The summed E-state index contributed by atoms with van der Waals surface area (Å²) < 4.78 is 0. The van der Waals surface area contributed by atoms with Gasteiger partial charge in [0.25, 0.3) is 5.91 Å². The lowest BCUT2D eigenvalue weighted by atomic mass is 9.90. The first-order valence-corrected chi connectivity index (χ1v) is 9.65. The molecule has 2 aromatic rings. The third-order valence-corrected chi connectivity index (χ3v) is 5.01. The Hall–Kier alpha value is -2.47. The number of hydrogen-bond donors (Lipinski definition) is 1. The number of benzene rings is 1. The Balaban J connectivity index is 1.47. The first-order valence-electron chi connectivity index (χ1n) is 9.65. The maximum absolute atomic E-state index is 12.7. The van der Waals surface area contributed by atoms with Crippen LogP contribution >= 0.6 is 0 Å². The number of rotatable bonds is 7. The monoisotopic (exact) mass is 367 g/mol. The Morgan fingerprint density at radius 2 is 1.89 bits per heavy atom. The normalized spacial score (nSPS) is 15.1. The molecule has 1 aliphatic heterocycles. The van der Waals surface area contributed by atoms with Crippen molar-refractivity contribution in [3.05, 3.63) is 54.0 Å². The second-order valence-corrected chi connectivity index (χ2v) is 7.44. The minimum absolute atomic E-state index is 0.0134. The van der Waals surface area contributed by atoms with E-state index in [9.17, 15) is 4.79 Å². The highest BCUT2D eigenvalue weighted by Gasteiger charge is 2.24. The van der Waals surface area contributed by atoms with Gasteiger partial charge in [0, 0.05) is 26.2 Å². The van der Waals surface area contributed by atoms with Crippen LogP contribution in [0.25, 0.3) is 0 Å². The van der Waals surface area contributed by atoms with Crippen LogP contribution in [0.2, 0.25) is 0 Å². The summed E-state index contributed by atoms with van der Waals surface area (Å²) in [5.41, 5.74) is 1.81. The van der Waals surface area contributed by atoms with Crippen LogP contribution in [-0.4, -0.2) is 65.9 Å². The van der Waals surface area contributed by atoms with E-state index in [1.165, 1.54) is 5.56 Å². The fourth-order valence-electron chi connectivity index (χ4n) is 3.39. The Morgan fingerprint density at radius 1 is 1.15 bits per heavy atom. The molecule has 1 aliphatic rings. The van der Waals surface area contributed by atoms with E-state index in [1.807, 2.05) is 19.0 Å². The Kier molecular flexibility index (Phi) is 6.76. The molecule has 1 N–H and O–H groups in total. The minimum Gasteiger partial charge on any atom is -0.368 e. The van der Waals surface area contributed by atoms with Crippen molar-refractivity contribution in [1.29, 1.82) is 0 Å². The van der Waals surface area contributed by atoms with Crippen LogP contribution in [0, 0.1) is 5.92 Å². The van der Waals surface area contributed by atoms with E-state index in [4.69, 9.17) is 0 Å². The van der Waals surface area contributed by atoms with E-state index in [0.717, 1.165) is 45.4 Å². The van der Waals surface area contributed by atoms with E-state index in [2.05, 4.69) is 50.5 Å². The molecule has 0 bridgehead atoms. The summed E-state index contributed by atoms with van der Waals surface area (Å²) in [7, 11) is 4.05. The molecular weight excluding hydrogens is 338 g/mol. The average Bonchev–Trinajstić information content (AvgIpc) is 2.69. The van der Waals surface area contributed by atoms with Crippen molar-refractivity contribution in [3.63, 3.8) is 0 Å². The second-order valence-electron chi connectivity index (χ2n) is 7.44. The second kappa shape index (κ2) is 9.46. The van der Waals surface area contributed by atoms with Gasteiger partial charge in [-0.05, 0) is 44.8 Å². The Bertz CT molecular complexity index is 709. The fraction of sp³-hybridized carbons (Fsp3) is 0.476. The number of nitrogens with one attached hydrogen (secondary N) is 1. The summed E-state index contributed by atoms with van der Waals surface area (Å²) in [6.07, 6.45) is 6.40. The zero-order valence-corrected chi connectivity index (χ0v) is 16.3. The molecule has 27 heavy (non-hydrogen) atoms. The zero-order chi connectivity index (χ0) is 19.1. The molecule has 2 heterocycles. The number of anilines is 1. The number of hydrogen-bond acceptors (Lipinski definition) is 5. The van der Waals surface area contributed by atoms with Crippen molar-refractivity contribution in [2.24, 2.45) is 5.92 Å². The zero-order valence-electron chi connectivity index (χ0n) is 16.3. The third-order valence-electron chi connectivity index (χ3n) is 5.01. The van der Waals surface area contributed by atoms with Crippen LogP contribution in [0.1, 0.15) is 28.9 Å². The predicted octanol–water partition coefficient (Wildman–Crippen LogP) is 2.54. The van der Waals surface area contributed by atoms with E-state index >= 15 is 0 Å². The van der Waals surface area contributed by atoms with E-state index in [1.54, 1.807) is 12.4 Å². The lowest BCUT2D eigenvalue weighted by Crippen LogP contribution is -2.39. The largest absolute Gasteiger partial charge is 0.368 e. The smallest absolute Gasteiger partial charge is 0.274 e. The molecule has 1 aromatic carbocycles. The Morgan fingerprint density at radius 3 is 2.52 bits per heavy atom. The first kappa shape index (κ1) is 19.3. The van der Waals surface area contributed by atoms with Crippen molar-refractivity contribution < 1.29 is 4.79 Å². The highest BCUT2D eigenvalue weighted by molar-refractivity contribution is 5.92. The number of nitrogens with zero attached hydrogens (tertiary/aromatic N) is 4. The maximum atomic E-state index is 12.7. The SMILES string of the molecule is CN(C)CCNc1cnc(C(=O)N2CCC(Cc3ccccc3)CC2)cn1. The van der Waals surface area contributed by atoms with E-state index < -0.39 is 0 Å². The number of carbonyl (C=O) groups excluding carboxylic acids is 1. The van der Waals surface area contributed by atoms with Crippen LogP contribution in [0.15, 0.2) is 42.7 Å². The number of likely N-dealkylation sites (N-methyl/N-ethyl adjacent to an activating group) is 1. The van der Waals surface area contributed by atoms with Crippen molar-refractivity contribution in [2.45, 2.75) is 19.3 Å². The van der Waals surface area contributed by atoms with Crippen LogP contribution in [0.4, 0.5) is 5.82 Å². The molecule has 6 nitrogen and oxygen atoms in total. The minimum atomic E-state index is -0.0134. The summed E-state index contributed by atoms with van der Waals surface area (Å²) in [5, 5.41) is 3.21. The summed E-state index contributed by atoms with van der Waals surface area (Å²) in [6, 6.07) is 10.6. The molecule has 0 saturated carbocycles. The number of likely N-dealkylation sites (tertiary alicyclic amines) is 1. The lowest BCUT2D eigenvalue weighted by molar-refractivity contribution is 0.0684. The van der Waals surface area contributed by atoms with Gasteiger partial charge in [0.2, 0.25) is 0 Å². The average molecular weight is 367 g/mol. The van der Waals surface area contributed by atoms with Crippen LogP contribution < -0.4 is 5.32 Å². The highest BCUT2D eigenvalue weighted by atomic mass is 16.2. The predicted molar refractivity (Wildman–Crippen MR) is 108 cm³/mol. The van der Waals surface area contributed by atoms with Gasteiger partial charge in [-0.2, -0.15) is 0 Å². The highest BCUT2D eigenvalue weighted by Crippen LogP contribution is 2.22. The molecule has 3 rings (SSSR count). The van der Waals surface area contributed by atoms with Gasteiger partial charge in [0.1, 0.15) is 11.5 Å². The number of piperidine rings is 1. The van der Waals surface area contributed by atoms with E-state index in [0.29, 0.717) is 17.4 Å². The van der Waals surface area contributed by atoms with Crippen molar-refractivity contribution >= 4 is 11.7 Å². The standard InChI is InChI=1S/C21H29N5O/c1-25(2)13-10-22-20-16-23-19(15-24-20)21(27)26-11-8-18(9-12-26)14-17-6-4-3-5-7-17/h3-7,15-16,18H,8-14H2,1-2H3,(H,22,24). The molecule has 0 spiro atoms. The van der Waals surface area contributed by atoms with Gasteiger partial charge in [0.15, 0.2) is 0 Å². The van der Waals surface area contributed by atoms with Crippen molar-refractivity contribution in [2.75, 3.05) is 45.6 Å². The molecule has 1 fully saturated rings. The maximum Gasteiger partial charge on any atom is 0.274 e. The van der Waals surface area contributed by atoms with Crippen molar-refractivity contribution in [1.82, 2.24) is 19.8 Å². The van der Waals surface area contributed by atoms with Gasteiger partial charge < -0.3 is 15.1 Å². The molecule has 0 atom stereocenters. The van der Waals surface area contributed by atoms with Crippen molar-refractivity contribution in [3.8, 4) is 0 Å². The number of aromatic nitrogens is 2. The Labute approximate surface area is 161 Å². The third kappa shape index (κ3) is 5.76.